The van der Waals surface area contributed by atoms with Gasteiger partial charge in [-0.25, -0.2) is 0 Å². The Labute approximate surface area is 112 Å². The SMILES string of the molecule is CC1CCC(OCc2cc(N)cc(Br)c2)CC1. The maximum Gasteiger partial charge on any atom is 0.0721 e. The second-order valence-corrected chi connectivity index (χ2v) is 6.00. The molecule has 0 bridgehead atoms. The largest absolute Gasteiger partial charge is 0.399 e. The normalized spacial score (nSPS) is 24.8. The molecule has 1 aromatic carbocycles. The van der Waals surface area contributed by atoms with Crippen molar-refractivity contribution in [2.45, 2.75) is 45.3 Å². The van der Waals surface area contributed by atoms with Gasteiger partial charge in [0.2, 0.25) is 0 Å². The molecule has 0 saturated heterocycles. The first kappa shape index (κ1) is 12.9. The summed E-state index contributed by atoms with van der Waals surface area (Å²) in [5.41, 5.74) is 7.74. The third-order valence-corrected chi connectivity index (χ3v) is 3.89. The second kappa shape index (κ2) is 5.87. The van der Waals surface area contributed by atoms with Crippen LogP contribution in [0.25, 0.3) is 0 Å². The van der Waals surface area contributed by atoms with Gasteiger partial charge in [-0.05, 0) is 55.4 Å². The van der Waals surface area contributed by atoms with Crippen molar-refractivity contribution in [3.63, 3.8) is 0 Å². The summed E-state index contributed by atoms with van der Waals surface area (Å²) in [5, 5.41) is 0. The summed E-state index contributed by atoms with van der Waals surface area (Å²) in [7, 11) is 0. The third-order valence-electron chi connectivity index (χ3n) is 3.43. The van der Waals surface area contributed by atoms with E-state index < -0.39 is 0 Å². The summed E-state index contributed by atoms with van der Waals surface area (Å²) in [4.78, 5) is 0. The first-order valence-corrected chi connectivity index (χ1v) is 7.09. The van der Waals surface area contributed by atoms with E-state index in [2.05, 4.69) is 28.9 Å². The van der Waals surface area contributed by atoms with Gasteiger partial charge in [-0.2, -0.15) is 0 Å². The molecule has 1 aliphatic rings. The number of rotatable bonds is 3. The standard InChI is InChI=1S/C14H20BrNO/c1-10-2-4-14(5-3-10)17-9-11-6-12(15)8-13(16)7-11/h6-8,10,14H,2-5,9,16H2,1H3. The number of nitrogens with two attached hydrogens (primary N) is 1. The van der Waals surface area contributed by atoms with Crippen molar-refractivity contribution in [3.05, 3.63) is 28.2 Å². The lowest BCUT2D eigenvalue weighted by atomic mass is 9.89. The zero-order chi connectivity index (χ0) is 12.3. The molecule has 1 fully saturated rings. The van der Waals surface area contributed by atoms with Crippen LogP contribution in [0.4, 0.5) is 5.69 Å². The van der Waals surface area contributed by atoms with Crippen molar-refractivity contribution in [3.8, 4) is 0 Å². The van der Waals surface area contributed by atoms with Gasteiger partial charge in [0.1, 0.15) is 0 Å². The maximum absolute atomic E-state index is 5.95. The van der Waals surface area contributed by atoms with Gasteiger partial charge in [0.15, 0.2) is 0 Å². The Balaban J connectivity index is 1.85. The summed E-state index contributed by atoms with van der Waals surface area (Å²) in [6, 6.07) is 5.96. The predicted octanol–water partition coefficient (Wildman–Crippen LogP) is 4.13. The van der Waals surface area contributed by atoms with Gasteiger partial charge < -0.3 is 10.5 Å². The van der Waals surface area contributed by atoms with Crippen molar-refractivity contribution >= 4 is 21.6 Å². The highest BCUT2D eigenvalue weighted by molar-refractivity contribution is 9.10. The van der Waals surface area contributed by atoms with Crippen LogP contribution in [-0.4, -0.2) is 6.10 Å². The number of benzene rings is 1. The lowest BCUT2D eigenvalue weighted by Crippen LogP contribution is -2.20. The van der Waals surface area contributed by atoms with E-state index in [0.29, 0.717) is 12.7 Å². The molecule has 0 radical (unpaired) electrons. The molecule has 1 aromatic rings. The number of hydrogen-bond donors (Lipinski definition) is 1. The van der Waals surface area contributed by atoms with Crippen molar-refractivity contribution in [2.24, 2.45) is 5.92 Å². The summed E-state index contributed by atoms with van der Waals surface area (Å²) in [6.07, 6.45) is 5.43. The number of halogens is 1. The highest BCUT2D eigenvalue weighted by Gasteiger charge is 2.18. The van der Waals surface area contributed by atoms with E-state index in [1.807, 2.05) is 12.1 Å². The first-order chi connectivity index (χ1) is 8.13. The van der Waals surface area contributed by atoms with Crippen LogP contribution in [0.3, 0.4) is 0 Å². The average Bonchev–Trinajstić information content (AvgIpc) is 2.27. The van der Waals surface area contributed by atoms with Crippen molar-refractivity contribution in [1.82, 2.24) is 0 Å². The van der Waals surface area contributed by atoms with Crippen LogP contribution >= 0.6 is 15.9 Å². The number of hydrogen-bond acceptors (Lipinski definition) is 2. The van der Waals surface area contributed by atoms with Crippen molar-refractivity contribution < 1.29 is 4.74 Å². The number of anilines is 1. The van der Waals surface area contributed by atoms with Crippen LogP contribution in [0.5, 0.6) is 0 Å². The second-order valence-electron chi connectivity index (χ2n) is 5.09. The molecule has 0 unspecified atom stereocenters. The molecule has 0 amide bonds. The monoisotopic (exact) mass is 297 g/mol. The first-order valence-electron chi connectivity index (χ1n) is 6.30. The molecule has 17 heavy (non-hydrogen) atoms. The minimum Gasteiger partial charge on any atom is -0.399 e. The van der Waals surface area contributed by atoms with E-state index in [4.69, 9.17) is 10.5 Å². The van der Waals surface area contributed by atoms with E-state index in [1.54, 1.807) is 0 Å². The number of nitrogen functional groups attached to an aromatic ring is 1. The lowest BCUT2D eigenvalue weighted by molar-refractivity contribution is 0.00877. The molecule has 2 N–H and O–H groups in total. The Morgan fingerprint density at radius 1 is 1.24 bits per heavy atom. The third kappa shape index (κ3) is 4.00. The quantitative estimate of drug-likeness (QED) is 0.852. The van der Waals surface area contributed by atoms with E-state index in [0.717, 1.165) is 21.6 Å². The zero-order valence-corrected chi connectivity index (χ0v) is 11.9. The summed E-state index contributed by atoms with van der Waals surface area (Å²) in [5.74, 6) is 0.872. The van der Waals surface area contributed by atoms with Crippen molar-refractivity contribution in [2.75, 3.05) is 5.73 Å². The van der Waals surface area contributed by atoms with Gasteiger partial charge in [-0.15, -0.1) is 0 Å². The molecule has 0 spiro atoms. The fourth-order valence-corrected chi connectivity index (χ4v) is 2.93. The Morgan fingerprint density at radius 3 is 2.59 bits per heavy atom. The van der Waals surface area contributed by atoms with Gasteiger partial charge >= 0.3 is 0 Å². The fraction of sp³-hybridized carbons (Fsp3) is 0.571. The summed E-state index contributed by atoms with van der Waals surface area (Å²) < 4.78 is 6.97. The Morgan fingerprint density at radius 2 is 1.94 bits per heavy atom. The smallest absolute Gasteiger partial charge is 0.0721 e. The van der Waals surface area contributed by atoms with Gasteiger partial charge in [0.05, 0.1) is 12.7 Å². The van der Waals surface area contributed by atoms with Crippen LogP contribution in [0.15, 0.2) is 22.7 Å². The minimum absolute atomic E-state index is 0.436. The fourth-order valence-electron chi connectivity index (χ4n) is 2.37. The zero-order valence-electron chi connectivity index (χ0n) is 10.3. The molecular weight excluding hydrogens is 278 g/mol. The highest BCUT2D eigenvalue weighted by atomic mass is 79.9. The number of ether oxygens (including phenoxy) is 1. The van der Waals surface area contributed by atoms with Crippen LogP contribution in [0.2, 0.25) is 0 Å². The molecule has 2 nitrogen and oxygen atoms in total. The molecule has 1 aliphatic carbocycles. The minimum atomic E-state index is 0.436. The molecule has 2 rings (SSSR count). The summed E-state index contributed by atoms with van der Waals surface area (Å²) >= 11 is 3.45. The summed E-state index contributed by atoms with van der Waals surface area (Å²) in [6.45, 7) is 2.99. The van der Waals surface area contributed by atoms with Gasteiger partial charge in [-0.1, -0.05) is 22.9 Å². The van der Waals surface area contributed by atoms with E-state index in [1.165, 1.54) is 25.7 Å². The topological polar surface area (TPSA) is 35.2 Å². The van der Waals surface area contributed by atoms with E-state index in [-0.39, 0.29) is 0 Å². The Hall–Kier alpha value is -0.540. The van der Waals surface area contributed by atoms with E-state index in [9.17, 15) is 0 Å². The Kier molecular flexibility index (Phi) is 4.46. The van der Waals surface area contributed by atoms with Crippen LogP contribution in [0.1, 0.15) is 38.2 Å². The van der Waals surface area contributed by atoms with E-state index >= 15 is 0 Å². The van der Waals surface area contributed by atoms with Gasteiger partial charge in [-0.3, -0.25) is 0 Å². The predicted molar refractivity (Wildman–Crippen MR) is 74.8 cm³/mol. The lowest BCUT2D eigenvalue weighted by Gasteiger charge is -2.26. The molecule has 3 heteroatoms. The molecule has 0 aromatic heterocycles. The Bertz CT molecular complexity index is 352. The van der Waals surface area contributed by atoms with Crippen LogP contribution in [0, 0.1) is 5.92 Å². The molecule has 0 aliphatic heterocycles. The van der Waals surface area contributed by atoms with Crippen LogP contribution in [-0.2, 0) is 11.3 Å². The van der Waals surface area contributed by atoms with Crippen LogP contribution < -0.4 is 5.73 Å². The highest BCUT2D eigenvalue weighted by Crippen LogP contribution is 2.26. The average molecular weight is 298 g/mol. The van der Waals surface area contributed by atoms with Gasteiger partial charge in [0.25, 0.3) is 0 Å². The molecule has 94 valence electrons. The molecule has 0 atom stereocenters. The molecule has 1 saturated carbocycles. The van der Waals surface area contributed by atoms with Crippen molar-refractivity contribution in [1.29, 1.82) is 0 Å². The maximum atomic E-state index is 5.95. The molecular formula is C14H20BrNO. The van der Waals surface area contributed by atoms with Gasteiger partial charge in [0, 0.05) is 10.2 Å². The molecule has 0 heterocycles.